The van der Waals surface area contributed by atoms with E-state index in [4.69, 9.17) is 9.84 Å². The van der Waals surface area contributed by atoms with Crippen LogP contribution in [0.3, 0.4) is 0 Å². The van der Waals surface area contributed by atoms with Crippen molar-refractivity contribution in [1.29, 1.82) is 0 Å². The third-order valence-electron chi connectivity index (χ3n) is 6.35. The molecule has 1 aliphatic rings. The van der Waals surface area contributed by atoms with E-state index in [1.54, 1.807) is 0 Å². The summed E-state index contributed by atoms with van der Waals surface area (Å²) in [4.78, 5) is 36.1. The molecule has 0 saturated heterocycles. The molecule has 2 aromatic carbocycles. The fraction of sp³-hybridized carbons (Fsp3) is 0.464. The first-order valence-electron chi connectivity index (χ1n) is 12.3. The molecule has 0 unspecified atom stereocenters. The Balaban J connectivity index is 1.52. The lowest BCUT2D eigenvalue weighted by Gasteiger charge is -2.30. The fourth-order valence-electron chi connectivity index (χ4n) is 4.50. The smallest absolute Gasteiger partial charge is 0.407 e. The predicted octanol–water partition coefficient (Wildman–Crippen LogP) is 5.09. The topological polar surface area (TPSA) is 105 Å². The average Bonchev–Trinajstić information content (AvgIpc) is 3.13. The molecule has 35 heavy (non-hydrogen) atoms. The van der Waals surface area contributed by atoms with Gasteiger partial charge in [-0.3, -0.25) is 9.59 Å². The van der Waals surface area contributed by atoms with Crippen molar-refractivity contribution < 1.29 is 24.2 Å². The Bertz CT molecular complexity index is 998. The first kappa shape index (κ1) is 26.3. The highest BCUT2D eigenvalue weighted by Crippen LogP contribution is 2.44. The normalized spacial score (nSPS) is 13.5. The van der Waals surface area contributed by atoms with E-state index in [1.807, 2.05) is 45.0 Å². The number of benzene rings is 2. The average molecular weight is 481 g/mol. The molecule has 0 bridgehead atoms. The van der Waals surface area contributed by atoms with E-state index < -0.39 is 23.5 Å². The highest BCUT2D eigenvalue weighted by atomic mass is 16.5. The maximum atomic E-state index is 12.8. The van der Waals surface area contributed by atoms with Gasteiger partial charge in [0.15, 0.2) is 0 Å². The van der Waals surface area contributed by atoms with Crippen molar-refractivity contribution in [2.45, 2.75) is 64.8 Å². The summed E-state index contributed by atoms with van der Waals surface area (Å²) in [5.41, 5.74) is 4.08. The van der Waals surface area contributed by atoms with Crippen LogP contribution >= 0.6 is 0 Å². The fourth-order valence-corrected chi connectivity index (χ4v) is 4.50. The Morgan fingerprint density at radius 3 is 2.06 bits per heavy atom. The van der Waals surface area contributed by atoms with Crippen molar-refractivity contribution in [3.05, 3.63) is 59.7 Å². The van der Waals surface area contributed by atoms with Gasteiger partial charge in [-0.1, -0.05) is 82.1 Å². The number of carbonyl (C=O) groups is 3. The summed E-state index contributed by atoms with van der Waals surface area (Å²) in [5.74, 6) is -1.08. The third-order valence-corrected chi connectivity index (χ3v) is 6.35. The Kier molecular flexibility index (Phi) is 8.90. The molecule has 0 aromatic heterocycles. The molecule has 0 heterocycles. The lowest BCUT2D eigenvalue weighted by Crippen LogP contribution is -2.53. The van der Waals surface area contributed by atoms with E-state index in [9.17, 15) is 14.4 Å². The summed E-state index contributed by atoms with van der Waals surface area (Å²) in [6.45, 7) is 6.35. The lowest BCUT2D eigenvalue weighted by molar-refractivity contribution is -0.137. The Morgan fingerprint density at radius 1 is 0.914 bits per heavy atom. The molecule has 3 rings (SSSR count). The summed E-state index contributed by atoms with van der Waals surface area (Å²) in [6.07, 6.45) is 2.60. The second kappa shape index (κ2) is 11.9. The van der Waals surface area contributed by atoms with Crippen LogP contribution in [0.5, 0.6) is 0 Å². The number of alkyl carbamates (subject to hydrolysis) is 1. The van der Waals surface area contributed by atoms with Crippen LogP contribution in [-0.2, 0) is 14.3 Å². The minimum atomic E-state index is -0.786. The molecule has 0 saturated carbocycles. The van der Waals surface area contributed by atoms with Gasteiger partial charge in [0.25, 0.3) is 0 Å². The van der Waals surface area contributed by atoms with Crippen molar-refractivity contribution in [1.82, 2.24) is 10.6 Å². The summed E-state index contributed by atoms with van der Waals surface area (Å²) >= 11 is 0. The van der Waals surface area contributed by atoms with Gasteiger partial charge in [-0.05, 0) is 40.5 Å². The SMILES string of the molecule is CC(C)(C)[C@H](NC(=O)OCC1c2ccccc2-c2ccccc21)C(=O)NCCCCCCC(=O)O. The standard InChI is InChI=1S/C28H36N2O5/c1-28(2,3)25(26(33)29-17-11-5-4-6-16-24(31)32)30-27(34)35-18-23-21-14-9-7-12-19(21)20-13-8-10-15-22(20)23/h7-10,12-15,23,25H,4-6,11,16-18H2,1-3H3,(H,29,33)(H,30,34)(H,31,32)/t25-/m1/s1. The lowest BCUT2D eigenvalue weighted by atomic mass is 9.86. The molecule has 1 atom stereocenters. The van der Waals surface area contributed by atoms with Crippen LogP contribution in [-0.4, -0.2) is 42.3 Å². The van der Waals surface area contributed by atoms with Crippen LogP contribution < -0.4 is 10.6 Å². The van der Waals surface area contributed by atoms with Crippen molar-refractivity contribution in [3.8, 4) is 11.1 Å². The van der Waals surface area contributed by atoms with Gasteiger partial charge < -0.3 is 20.5 Å². The maximum Gasteiger partial charge on any atom is 0.407 e. The number of hydrogen-bond donors (Lipinski definition) is 3. The van der Waals surface area contributed by atoms with Gasteiger partial charge in [0, 0.05) is 18.9 Å². The van der Waals surface area contributed by atoms with Gasteiger partial charge in [0.2, 0.25) is 5.91 Å². The van der Waals surface area contributed by atoms with Crippen LogP contribution in [0, 0.1) is 5.41 Å². The molecule has 0 spiro atoms. The molecule has 2 aromatic rings. The van der Waals surface area contributed by atoms with E-state index >= 15 is 0 Å². The number of ether oxygens (including phenoxy) is 1. The van der Waals surface area contributed by atoms with Crippen LogP contribution in [0.25, 0.3) is 11.1 Å². The molecule has 7 heteroatoms. The number of amides is 2. The Labute approximate surface area is 207 Å². The third kappa shape index (κ3) is 7.07. The van der Waals surface area contributed by atoms with Gasteiger partial charge in [-0.25, -0.2) is 4.79 Å². The molecular weight excluding hydrogens is 444 g/mol. The van der Waals surface area contributed by atoms with Crippen LogP contribution in [0.4, 0.5) is 4.79 Å². The molecule has 1 aliphatic carbocycles. The van der Waals surface area contributed by atoms with E-state index in [0.717, 1.165) is 41.5 Å². The molecule has 3 N–H and O–H groups in total. The quantitative estimate of drug-likeness (QED) is 0.389. The second-order valence-corrected chi connectivity index (χ2v) is 10.1. The number of unbranched alkanes of at least 4 members (excludes halogenated alkanes) is 3. The highest BCUT2D eigenvalue weighted by molar-refractivity contribution is 5.86. The molecule has 0 aliphatic heterocycles. The summed E-state index contributed by atoms with van der Waals surface area (Å²) in [6, 6.07) is 15.5. The van der Waals surface area contributed by atoms with E-state index in [0.29, 0.717) is 13.0 Å². The van der Waals surface area contributed by atoms with Crippen molar-refractivity contribution >= 4 is 18.0 Å². The number of rotatable bonds is 11. The van der Waals surface area contributed by atoms with Crippen molar-refractivity contribution in [2.24, 2.45) is 5.41 Å². The van der Waals surface area contributed by atoms with Gasteiger partial charge in [0.1, 0.15) is 12.6 Å². The number of carbonyl (C=O) groups excluding carboxylic acids is 2. The van der Waals surface area contributed by atoms with Gasteiger partial charge >= 0.3 is 12.1 Å². The Hall–Kier alpha value is -3.35. The number of carboxylic acid groups (broad SMARTS) is 1. The van der Waals surface area contributed by atoms with Crippen molar-refractivity contribution in [3.63, 3.8) is 0 Å². The molecule has 0 fully saturated rings. The summed E-state index contributed by atoms with van der Waals surface area (Å²) in [7, 11) is 0. The van der Waals surface area contributed by atoms with Crippen LogP contribution in [0.1, 0.15) is 69.9 Å². The zero-order valence-electron chi connectivity index (χ0n) is 20.8. The predicted molar refractivity (Wildman–Crippen MR) is 135 cm³/mol. The van der Waals surface area contributed by atoms with Gasteiger partial charge in [-0.2, -0.15) is 0 Å². The maximum absolute atomic E-state index is 12.8. The number of carboxylic acids is 1. The van der Waals surface area contributed by atoms with E-state index in [-0.39, 0.29) is 24.9 Å². The minimum Gasteiger partial charge on any atom is -0.481 e. The number of fused-ring (bicyclic) bond motifs is 3. The summed E-state index contributed by atoms with van der Waals surface area (Å²) < 4.78 is 5.63. The monoisotopic (exact) mass is 480 g/mol. The number of aliphatic carboxylic acids is 1. The molecular formula is C28H36N2O5. The molecule has 188 valence electrons. The van der Waals surface area contributed by atoms with Crippen LogP contribution in [0.2, 0.25) is 0 Å². The van der Waals surface area contributed by atoms with E-state index in [1.165, 1.54) is 0 Å². The zero-order chi connectivity index (χ0) is 25.4. The first-order chi connectivity index (χ1) is 16.7. The first-order valence-corrected chi connectivity index (χ1v) is 12.3. The van der Waals surface area contributed by atoms with Crippen molar-refractivity contribution in [2.75, 3.05) is 13.2 Å². The zero-order valence-corrected chi connectivity index (χ0v) is 20.8. The number of nitrogens with one attached hydrogen (secondary N) is 2. The number of hydrogen-bond acceptors (Lipinski definition) is 4. The molecule has 2 amide bonds. The Morgan fingerprint density at radius 2 is 1.49 bits per heavy atom. The highest BCUT2D eigenvalue weighted by Gasteiger charge is 2.34. The molecule has 0 radical (unpaired) electrons. The van der Waals surface area contributed by atoms with Crippen LogP contribution in [0.15, 0.2) is 48.5 Å². The van der Waals surface area contributed by atoms with Gasteiger partial charge in [-0.15, -0.1) is 0 Å². The van der Waals surface area contributed by atoms with Gasteiger partial charge in [0.05, 0.1) is 0 Å². The minimum absolute atomic E-state index is 0.0452. The second-order valence-electron chi connectivity index (χ2n) is 10.1. The molecule has 7 nitrogen and oxygen atoms in total. The summed E-state index contributed by atoms with van der Waals surface area (Å²) in [5, 5.41) is 14.3. The largest absolute Gasteiger partial charge is 0.481 e. The van der Waals surface area contributed by atoms with E-state index in [2.05, 4.69) is 34.9 Å².